The Balaban J connectivity index is 2.05. The molecule has 0 saturated carbocycles. The number of benzene rings is 1. The van der Waals surface area contributed by atoms with Crippen molar-refractivity contribution in [2.45, 2.75) is 51.6 Å². The molecule has 0 aliphatic rings. The Morgan fingerprint density at radius 2 is 1.88 bits per heavy atom. The quantitative estimate of drug-likeness (QED) is 0.358. The van der Waals surface area contributed by atoms with Gasteiger partial charge < -0.3 is 4.52 Å². The summed E-state index contributed by atoms with van der Waals surface area (Å²) in [6.07, 6.45) is 0.280. The monoisotopic (exact) mass is 358 g/mol. The first kappa shape index (κ1) is 19.1. The van der Waals surface area contributed by atoms with Crippen LogP contribution in [-0.2, 0) is 6.18 Å². The highest BCUT2D eigenvalue weighted by Gasteiger charge is 2.38. The summed E-state index contributed by atoms with van der Waals surface area (Å²) in [6, 6.07) is 3.48. The number of ketones is 1. The molecular formula is C17H18F4N2O2. The van der Waals surface area contributed by atoms with Crippen LogP contribution in [0.4, 0.5) is 17.6 Å². The largest absolute Gasteiger partial charge is 0.471 e. The molecular weight excluding hydrogens is 340 g/mol. The van der Waals surface area contributed by atoms with E-state index in [1.165, 1.54) is 12.1 Å². The van der Waals surface area contributed by atoms with E-state index in [2.05, 4.69) is 21.6 Å². The summed E-state index contributed by atoms with van der Waals surface area (Å²) < 4.78 is 55.6. The molecule has 8 heteroatoms. The van der Waals surface area contributed by atoms with Crippen LogP contribution >= 0.6 is 0 Å². The maximum atomic E-state index is 14.1. The van der Waals surface area contributed by atoms with Crippen molar-refractivity contribution in [1.82, 2.24) is 10.1 Å². The zero-order valence-electron chi connectivity index (χ0n) is 13.7. The second-order valence-electron chi connectivity index (χ2n) is 5.70. The summed E-state index contributed by atoms with van der Waals surface area (Å²) in [5.41, 5.74) is -0.0740. The zero-order valence-corrected chi connectivity index (χ0v) is 13.7. The Bertz CT molecular complexity index is 726. The summed E-state index contributed by atoms with van der Waals surface area (Å²) in [5.74, 6) is -3.03. The molecule has 0 atom stereocenters. The smallest absolute Gasteiger partial charge is 0.329 e. The fourth-order valence-corrected chi connectivity index (χ4v) is 2.36. The van der Waals surface area contributed by atoms with Crippen LogP contribution in [0.1, 0.15) is 61.7 Å². The molecule has 0 unspecified atom stereocenters. The van der Waals surface area contributed by atoms with Gasteiger partial charge in [0.05, 0.1) is 5.56 Å². The fourth-order valence-electron chi connectivity index (χ4n) is 2.36. The molecule has 0 bridgehead atoms. The Labute approximate surface area is 142 Å². The Morgan fingerprint density at radius 3 is 2.48 bits per heavy atom. The van der Waals surface area contributed by atoms with Gasteiger partial charge in [-0.25, -0.2) is 4.39 Å². The van der Waals surface area contributed by atoms with Crippen LogP contribution in [0.3, 0.4) is 0 Å². The summed E-state index contributed by atoms with van der Waals surface area (Å²) in [5, 5.41) is 3.19. The number of carbonyl (C=O) groups excluding carboxylic acids is 1. The summed E-state index contributed by atoms with van der Waals surface area (Å²) in [4.78, 5) is 15.2. The number of nitrogens with zero attached hydrogens (tertiary/aromatic N) is 2. The number of aromatic nitrogens is 2. The van der Waals surface area contributed by atoms with Crippen molar-refractivity contribution in [2.24, 2.45) is 0 Å². The Morgan fingerprint density at radius 1 is 1.16 bits per heavy atom. The van der Waals surface area contributed by atoms with Gasteiger partial charge in [0.15, 0.2) is 5.78 Å². The van der Waals surface area contributed by atoms with E-state index in [-0.39, 0.29) is 29.2 Å². The van der Waals surface area contributed by atoms with Crippen molar-refractivity contribution in [1.29, 1.82) is 0 Å². The Hall–Kier alpha value is -2.25. The van der Waals surface area contributed by atoms with Gasteiger partial charge in [-0.1, -0.05) is 43.8 Å². The van der Waals surface area contributed by atoms with Crippen molar-refractivity contribution >= 4 is 5.78 Å². The predicted molar refractivity (Wildman–Crippen MR) is 82.4 cm³/mol. The lowest BCUT2D eigenvalue weighted by Gasteiger charge is -2.04. The highest BCUT2D eigenvalue weighted by atomic mass is 19.4. The first-order valence-electron chi connectivity index (χ1n) is 8.07. The molecule has 0 spiro atoms. The molecule has 0 aliphatic carbocycles. The summed E-state index contributed by atoms with van der Waals surface area (Å²) in [6.45, 7) is 2.09. The first-order valence-corrected chi connectivity index (χ1v) is 8.07. The standard InChI is InChI=1S/C17H18F4N2O2/c1-2-3-4-5-6-7-14(24)12-9-8-11(10-13(12)18)15-22-16(25-23-15)17(19,20)21/h8-10H,2-7H2,1H3. The zero-order chi connectivity index (χ0) is 18.4. The van der Waals surface area contributed by atoms with Crippen molar-refractivity contribution < 1.29 is 26.9 Å². The highest BCUT2D eigenvalue weighted by molar-refractivity contribution is 5.96. The molecule has 0 saturated heterocycles. The molecule has 1 heterocycles. The number of hydrogen-bond acceptors (Lipinski definition) is 4. The summed E-state index contributed by atoms with van der Waals surface area (Å²) >= 11 is 0. The molecule has 0 aliphatic heterocycles. The number of hydrogen-bond donors (Lipinski definition) is 0. The molecule has 0 fully saturated rings. The maximum absolute atomic E-state index is 14.1. The lowest BCUT2D eigenvalue weighted by molar-refractivity contribution is -0.159. The van der Waals surface area contributed by atoms with E-state index >= 15 is 0 Å². The normalized spacial score (nSPS) is 11.7. The molecule has 136 valence electrons. The lowest BCUT2D eigenvalue weighted by Crippen LogP contribution is -2.05. The molecule has 1 aromatic carbocycles. The second kappa shape index (κ2) is 8.22. The lowest BCUT2D eigenvalue weighted by atomic mass is 10.0. The molecule has 0 radical (unpaired) electrons. The number of halogens is 4. The minimum atomic E-state index is -4.77. The third kappa shape index (κ3) is 5.11. The van der Waals surface area contributed by atoms with Crippen LogP contribution in [-0.4, -0.2) is 15.9 Å². The summed E-state index contributed by atoms with van der Waals surface area (Å²) in [7, 11) is 0. The van der Waals surface area contributed by atoms with E-state index in [9.17, 15) is 22.4 Å². The average Bonchev–Trinajstić information content (AvgIpc) is 3.04. The second-order valence-corrected chi connectivity index (χ2v) is 5.70. The van der Waals surface area contributed by atoms with E-state index in [0.717, 1.165) is 31.7 Å². The Kier molecular flexibility index (Phi) is 6.27. The fraction of sp³-hybridized carbons (Fsp3) is 0.471. The van der Waals surface area contributed by atoms with Gasteiger partial charge in [-0.15, -0.1) is 0 Å². The maximum Gasteiger partial charge on any atom is 0.471 e. The van der Waals surface area contributed by atoms with Crippen molar-refractivity contribution in [3.05, 3.63) is 35.5 Å². The van der Waals surface area contributed by atoms with E-state index in [1.54, 1.807) is 0 Å². The topological polar surface area (TPSA) is 56.0 Å². The van der Waals surface area contributed by atoms with E-state index in [1.807, 2.05) is 0 Å². The van der Waals surface area contributed by atoms with Gasteiger partial charge in [-0.3, -0.25) is 4.79 Å². The van der Waals surface area contributed by atoms with Crippen molar-refractivity contribution in [3.63, 3.8) is 0 Å². The van der Waals surface area contributed by atoms with Gasteiger partial charge >= 0.3 is 12.1 Å². The van der Waals surface area contributed by atoms with Gasteiger partial charge in [-0.2, -0.15) is 18.2 Å². The van der Waals surface area contributed by atoms with Crippen LogP contribution in [0.5, 0.6) is 0 Å². The first-order chi connectivity index (χ1) is 11.8. The molecule has 0 N–H and O–H groups in total. The molecule has 2 rings (SSSR count). The predicted octanol–water partition coefficient (Wildman–Crippen LogP) is 5.44. The number of carbonyl (C=O) groups is 1. The van der Waals surface area contributed by atoms with Crippen LogP contribution in [0, 0.1) is 5.82 Å². The number of alkyl halides is 3. The van der Waals surface area contributed by atoms with Gasteiger partial charge in [0, 0.05) is 12.0 Å². The van der Waals surface area contributed by atoms with E-state index in [4.69, 9.17) is 0 Å². The third-order valence-electron chi connectivity index (χ3n) is 3.70. The van der Waals surface area contributed by atoms with Gasteiger partial charge in [0.2, 0.25) is 5.82 Å². The van der Waals surface area contributed by atoms with Gasteiger partial charge in [0.25, 0.3) is 0 Å². The van der Waals surface area contributed by atoms with E-state index < -0.39 is 17.9 Å². The minimum Gasteiger partial charge on any atom is -0.329 e. The molecule has 0 amide bonds. The van der Waals surface area contributed by atoms with Crippen LogP contribution < -0.4 is 0 Å². The third-order valence-corrected chi connectivity index (χ3v) is 3.70. The number of rotatable bonds is 8. The van der Waals surface area contributed by atoms with Crippen molar-refractivity contribution in [2.75, 3.05) is 0 Å². The van der Waals surface area contributed by atoms with Gasteiger partial charge in [0.1, 0.15) is 5.82 Å². The van der Waals surface area contributed by atoms with Crippen LogP contribution in [0.2, 0.25) is 0 Å². The molecule has 1 aromatic heterocycles. The van der Waals surface area contributed by atoms with Gasteiger partial charge in [-0.05, 0) is 18.6 Å². The molecule has 4 nitrogen and oxygen atoms in total. The van der Waals surface area contributed by atoms with Crippen molar-refractivity contribution in [3.8, 4) is 11.4 Å². The van der Waals surface area contributed by atoms with E-state index in [0.29, 0.717) is 6.42 Å². The average molecular weight is 358 g/mol. The SMILES string of the molecule is CCCCCCCC(=O)c1ccc(-c2noc(C(F)(F)F)n2)cc1F. The van der Waals surface area contributed by atoms with Crippen LogP contribution in [0.15, 0.2) is 22.7 Å². The molecule has 2 aromatic rings. The number of unbranched alkanes of at least 4 members (excludes halogenated alkanes) is 4. The number of Topliss-reactive ketones (excluding diaryl/α,β-unsaturated/α-hetero) is 1. The minimum absolute atomic E-state index is 0.0104. The van der Waals surface area contributed by atoms with Crippen LogP contribution in [0.25, 0.3) is 11.4 Å². The highest BCUT2D eigenvalue weighted by Crippen LogP contribution is 2.29. The molecule has 25 heavy (non-hydrogen) atoms.